The predicted molar refractivity (Wildman–Crippen MR) is 113 cm³/mol. The van der Waals surface area contributed by atoms with Crippen LogP contribution in [0.4, 0.5) is 0 Å². The first kappa shape index (κ1) is 23.5. The molecule has 6 heteroatoms. The number of nitrogens with zero attached hydrogens (tertiary/aromatic N) is 1. The number of aliphatic imine (C=N–C) groups is 1. The molecule has 1 saturated carbocycles. The van der Waals surface area contributed by atoms with E-state index in [0.29, 0.717) is 19.1 Å². The van der Waals surface area contributed by atoms with Gasteiger partial charge < -0.3 is 16.0 Å². The molecule has 1 atom stereocenters. The molecule has 24 heavy (non-hydrogen) atoms. The molecule has 0 aliphatic heterocycles. The van der Waals surface area contributed by atoms with Crippen LogP contribution >= 0.6 is 24.0 Å². The molecule has 1 rings (SSSR count). The highest BCUT2D eigenvalue weighted by atomic mass is 127. The summed E-state index contributed by atoms with van der Waals surface area (Å²) in [5.74, 6) is 1.87. The Kier molecular flexibility index (Phi) is 13.4. The van der Waals surface area contributed by atoms with Gasteiger partial charge in [0.05, 0.1) is 0 Å². The van der Waals surface area contributed by atoms with Crippen molar-refractivity contribution >= 4 is 35.8 Å². The minimum absolute atomic E-state index is 0. The van der Waals surface area contributed by atoms with Crippen molar-refractivity contribution < 1.29 is 4.79 Å². The molecule has 1 aliphatic rings. The van der Waals surface area contributed by atoms with Crippen LogP contribution in [-0.4, -0.2) is 38.0 Å². The summed E-state index contributed by atoms with van der Waals surface area (Å²) in [6.07, 6.45) is 9.58. The van der Waals surface area contributed by atoms with Crippen molar-refractivity contribution in [1.29, 1.82) is 0 Å². The molecular weight excluding hydrogens is 415 g/mol. The van der Waals surface area contributed by atoms with Crippen LogP contribution in [-0.2, 0) is 4.79 Å². The van der Waals surface area contributed by atoms with Crippen LogP contribution in [0.3, 0.4) is 0 Å². The average Bonchev–Trinajstić information content (AvgIpc) is 2.56. The Morgan fingerprint density at radius 2 is 1.71 bits per heavy atom. The lowest BCUT2D eigenvalue weighted by molar-refractivity contribution is -0.123. The maximum Gasteiger partial charge on any atom is 0.222 e. The molecule has 0 aromatic heterocycles. The second-order valence-electron chi connectivity index (χ2n) is 7.07. The van der Waals surface area contributed by atoms with Gasteiger partial charge in [0.15, 0.2) is 5.96 Å². The summed E-state index contributed by atoms with van der Waals surface area (Å²) in [5.41, 5.74) is 0. The average molecular weight is 452 g/mol. The summed E-state index contributed by atoms with van der Waals surface area (Å²) in [4.78, 5) is 15.7. The van der Waals surface area contributed by atoms with Crippen molar-refractivity contribution in [1.82, 2.24) is 16.0 Å². The standard InChI is InChI=1S/C18H36N4O.HI/c1-14(2)17(23)20-12-13-21-18(19-4)22-15(3)10-11-16-8-6-5-7-9-16;/h14-16H,5-13H2,1-4H3,(H,20,23)(H2,19,21,22);1H. The first-order chi connectivity index (χ1) is 11.0. The van der Waals surface area contributed by atoms with Gasteiger partial charge in [-0.2, -0.15) is 0 Å². The largest absolute Gasteiger partial charge is 0.355 e. The van der Waals surface area contributed by atoms with Crippen molar-refractivity contribution in [2.75, 3.05) is 20.1 Å². The van der Waals surface area contributed by atoms with Gasteiger partial charge in [0.25, 0.3) is 0 Å². The number of halogens is 1. The number of carbonyl (C=O) groups is 1. The molecule has 142 valence electrons. The number of nitrogens with one attached hydrogen (secondary N) is 3. The molecule has 0 bridgehead atoms. The van der Waals surface area contributed by atoms with Crippen molar-refractivity contribution in [3.05, 3.63) is 0 Å². The maximum absolute atomic E-state index is 11.5. The summed E-state index contributed by atoms with van der Waals surface area (Å²) < 4.78 is 0. The van der Waals surface area contributed by atoms with Crippen molar-refractivity contribution in [3.63, 3.8) is 0 Å². The molecule has 1 fully saturated rings. The van der Waals surface area contributed by atoms with E-state index in [9.17, 15) is 4.79 Å². The van der Waals surface area contributed by atoms with E-state index in [1.807, 2.05) is 13.8 Å². The number of hydrogen-bond donors (Lipinski definition) is 3. The fourth-order valence-corrected chi connectivity index (χ4v) is 3.03. The lowest BCUT2D eigenvalue weighted by atomic mass is 9.85. The zero-order valence-corrected chi connectivity index (χ0v) is 18.2. The molecule has 0 radical (unpaired) electrons. The smallest absolute Gasteiger partial charge is 0.222 e. The van der Waals surface area contributed by atoms with Gasteiger partial charge in [-0.3, -0.25) is 9.79 Å². The number of amides is 1. The third kappa shape index (κ3) is 10.4. The van der Waals surface area contributed by atoms with E-state index in [4.69, 9.17) is 0 Å². The Labute approximate surface area is 165 Å². The van der Waals surface area contributed by atoms with E-state index in [1.54, 1.807) is 7.05 Å². The fraction of sp³-hybridized carbons (Fsp3) is 0.889. The highest BCUT2D eigenvalue weighted by Gasteiger charge is 2.15. The SMILES string of the molecule is CN=C(NCCNC(=O)C(C)C)NC(C)CCC1CCCCC1.I. The molecule has 0 aromatic carbocycles. The Bertz CT molecular complexity index is 368. The van der Waals surface area contributed by atoms with Crippen LogP contribution in [0, 0.1) is 11.8 Å². The second kappa shape index (κ2) is 13.7. The van der Waals surface area contributed by atoms with E-state index in [-0.39, 0.29) is 35.8 Å². The van der Waals surface area contributed by atoms with Gasteiger partial charge in [0.1, 0.15) is 0 Å². The molecule has 0 heterocycles. The third-order valence-electron chi connectivity index (χ3n) is 4.58. The lowest BCUT2D eigenvalue weighted by Gasteiger charge is -2.24. The van der Waals surface area contributed by atoms with Gasteiger partial charge >= 0.3 is 0 Å². The lowest BCUT2D eigenvalue weighted by Crippen LogP contribution is -2.45. The topological polar surface area (TPSA) is 65.5 Å². The van der Waals surface area contributed by atoms with Gasteiger partial charge in [-0.05, 0) is 25.7 Å². The number of guanidine groups is 1. The molecule has 0 aromatic rings. The van der Waals surface area contributed by atoms with Crippen LogP contribution in [0.2, 0.25) is 0 Å². The highest BCUT2D eigenvalue weighted by Crippen LogP contribution is 2.27. The Balaban J connectivity index is 0.00000529. The number of hydrogen-bond acceptors (Lipinski definition) is 2. The molecule has 1 unspecified atom stereocenters. The number of carbonyl (C=O) groups excluding carboxylic acids is 1. The van der Waals surface area contributed by atoms with E-state index < -0.39 is 0 Å². The molecule has 5 nitrogen and oxygen atoms in total. The first-order valence-electron chi connectivity index (χ1n) is 9.27. The van der Waals surface area contributed by atoms with Crippen molar-refractivity contribution in [3.8, 4) is 0 Å². The zero-order valence-electron chi connectivity index (χ0n) is 15.9. The molecule has 1 aliphatic carbocycles. The maximum atomic E-state index is 11.5. The van der Waals surface area contributed by atoms with E-state index in [0.717, 1.165) is 11.9 Å². The fourth-order valence-electron chi connectivity index (χ4n) is 3.03. The van der Waals surface area contributed by atoms with Crippen LogP contribution < -0.4 is 16.0 Å². The minimum atomic E-state index is 0. The van der Waals surface area contributed by atoms with Crippen LogP contribution in [0.15, 0.2) is 4.99 Å². The second-order valence-corrected chi connectivity index (χ2v) is 7.07. The first-order valence-corrected chi connectivity index (χ1v) is 9.27. The molecule has 3 N–H and O–H groups in total. The molecular formula is C18H37IN4O. The van der Waals surface area contributed by atoms with Crippen molar-refractivity contribution in [2.24, 2.45) is 16.8 Å². The van der Waals surface area contributed by atoms with Crippen LogP contribution in [0.1, 0.15) is 65.7 Å². The van der Waals surface area contributed by atoms with Gasteiger partial charge in [0, 0.05) is 32.1 Å². The summed E-state index contributed by atoms with van der Waals surface area (Å²) in [6, 6.07) is 0.424. The van der Waals surface area contributed by atoms with Gasteiger partial charge in [-0.1, -0.05) is 46.0 Å². The molecule has 0 saturated heterocycles. The monoisotopic (exact) mass is 452 g/mol. The summed E-state index contributed by atoms with van der Waals surface area (Å²) >= 11 is 0. The van der Waals surface area contributed by atoms with Gasteiger partial charge in [-0.15, -0.1) is 24.0 Å². The summed E-state index contributed by atoms with van der Waals surface area (Å²) in [6.45, 7) is 7.33. The van der Waals surface area contributed by atoms with Crippen LogP contribution in [0.5, 0.6) is 0 Å². The van der Waals surface area contributed by atoms with E-state index in [1.165, 1.54) is 44.9 Å². The normalized spacial score (nSPS) is 17.1. The quantitative estimate of drug-likeness (QED) is 0.229. The summed E-state index contributed by atoms with van der Waals surface area (Å²) in [5, 5.41) is 9.60. The number of rotatable bonds is 8. The molecule has 0 spiro atoms. The third-order valence-corrected chi connectivity index (χ3v) is 4.58. The molecule has 1 amide bonds. The van der Waals surface area contributed by atoms with Crippen molar-refractivity contribution in [2.45, 2.75) is 71.8 Å². The van der Waals surface area contributed by atoms with Gasteiger partial charge in [0.2, 0.25) is 5.91 Å². The van der Waals surface area contributed by atoms with E-state index in [2.05, 4.69) is 27.9 Å². The minimum Gasteiger partial charge on any atom is -0.355 e. The van der Waals surface area contributed by atoms with E-state index >= 15 is 0 Å². The zero-order chi connectivity index (χ0) is 17.1. The highest BCUT2D eigenvalue weighted by molar-refractivity contribution is 14.0. The Morgan fingerprint density at radius 3 is 2.29 bits per heavy atom. The summed E-state index contributed by atoms with van der Waals surface area (Å²) in [7, 11) is 1.79. The van der Waals surface area contributed by atoms with Crippen LogP contribution in [0.25, 0.3) is 0 Å². The predicted octanol–water partition coefficient (Wildman–Crippen LogP) is 3.29. The Morgan fingerprint density at radius 1 is 1.08 bits per heavy atom. The Hall–Kier alpha value is -0.530. The van der Waals surface area contributed by atoms with Gasteiger partial charge in [-0.25, -0.2) is 0 Å².